The highest BCUT2D eigenvalue weighted by Crippen LogP contribution is 2.19. The zero-order chi connectivity index (χ0) is 18.5. The van der Waals surface area contributed by atoms with E-state index in [-0.39, 0.29) is 23.7 Å². The Morgan fingerprint density at radius 2 is 1.96 bits per heavy atom. The summed E-state index contributed by atoms with van der Waals surface area (Å²) in [5.74, 6) is -0.0784. The molecule has 0 unspecified atom stereocenters. The Kier molecular flexibility index (Phi) is 5.22. The van der Waals surface area contributed by atoms with Gasteiger partial charge in [-0.05, 0) is 37.1 Å². The number of aryl methyl sites for hydroxylation is 2. The third-order valence-corrected chi connectivity index (χ3v) is 3.87. The fourth-order valence-corrected chi connectivity index (χ4v) is 2.63. The minimum atomic E-state index is -0.309. The van der Waals surface area contributed by atoms with Crippen molar-refractivity contribution in [2.24, 2.45) is 0 Å². The zero-order valence-corrected chi connectivity index (χ0v) is 14.3. The van der Waals surface area contributed by atoms with Crippen LogP contribution in [0.15, 0.2) is 59.4 Å². The monoisotopic (exact) mass is 351 g/mol. The molecule has 3 aromatic rings. The van der Waals surface area contributed by atoms with Crippen LogP contribution in [-0.2, 0) is 11.2 Å². The number of aromatic nitrogens is 2. The fraction of sp³-hybridized carbons (Fsp3) is 0.150. The molecule has 1 amide bonds. The van der Waals surface area contributed by atoms with E-state index in [2.05, 4.69) is 15.3 Å². The summed E-state index contributed by atoms with van der Waals surface area (Å²) in [6.07, 6.45) is 0.496. The maximum atomic E-state index is 13.6. The number of benzene rings is 2. The van der Waals surface area contributed by atoms with Crippen LogP contribution in [0.1, 0.15) is 17.7 Å². The van der Waals surface area contributed by atoms with Crippen LogP contribution in [0, 0.1) is 12.7 Å². The van der Waals surface area contributed by atoms with Crippen molar-refractivity contribution in [3.8, 4) is 11.4 Å². The third kappa shape index (κ3) is 4.42. The standard InChI is InChI=1S/C20H18FN3O2/c1-13-11-19(26)24-20(22-13)15-6-4-7-16(12-15)23-18(25)10-9-14-5-2-3-8-17(14)21/h2-8,11-12H,9-10H2,1H3,(H,23,25)(H,22,24,26). The van der Waals surface area contributed by atoms with Crippen LogP contribution in [0.25, 0.3) is 11.4 Å². The van der Waals surface area contributed by atoms with E-state index >= 15 is 0 Å². The molecule has 0 atom stereocenters. The third-order valence-electron chi connectivity index (χ3n) is 3.87. The summed E-state index contributed by atoms with van der Waals surface area (Å²) in [6, 6.07) is 14.9. The molecular formula is C20H18FN3O2. The smallest absolute Gasteiger partial charge is 0.251 e. The highest BCUT2D eigenvalue weighted by Gasteiger charge is 2.08. The number of amides is 1. The lowest BCUT2D eigenvalue weighted by Crippen LogP contribution is -2.13. The van der Waals surface area contributed by atoms with E-state index in [1.54, 1.807) is 49.4 Å². The second kappa shape index (κ2) is 7.74. The summed E-state index contributed by atoms with van der Waals surface area (Å²) >= 11 is 0. The molecule has 0 bridgehead atoms. The quantitative estimate of drug-likeness (QED) is 0.739. The fourth-order valence-electron chi connectivity index (χ4n) is 2.63. The van der Waals surface area contributed by atoms with Gasteiger partial charge in [0.15, 0.2) is 0 Å². The van der Waals surface area contributed by atoms with Crippen molar-refractivity contribution in [2.45, 2.75) is 19.8 Å². The van der Waals surface area contributed by atoms with Crippen molar-refractivity contribution in [3.05, 3.63) is 82.0 Å². The number of anilines is 1. The van der Waals surface area contributed by atoms with Gasteiger partial charge >= 0.3 is 0 Å². The van der Waals surface area contributed by atoms with Gasteiger partial charge in [-0.25, -0.2) is 9.37 Å². The van der Waals surface area contributed by atoms with Crippen molar-refractivity contribution in [2.75, 3.05) is 5.32 Å². The summed E-state index contributed by atoms with van der Waals surface area (Å²) in [5, 5.41) is 2.79. The summed E-state index contributed by atoms with van der Waals surface area (Å²) in [5.41, 5.74) is 2.18. The van der Waals surface area contributed by atoms with Gasteiger partial charge in [0.25, 0.3) is 5.56 Å². The normalized spacial score (nSPS) is 10.5. The lowest BCUT2D eigenvalue weighted by molar-refractivity contribution is -0.116. The van der Waals surface area contributed by atoms with E-state index < -0.39 is 0 Å². The Balaban J connectivity index is 1.69. The van der Waals surface area contributed by atoms with Gasteiger partial charge in [-0.2, -0.15) is 0 Å². The Morgan fingerprint density at radius 1 is 1.15 bits per heavy atom. The number of halogens is 1. The lowest BCUT2D eigenvalue weighted by atomic mass is 10.1. The highest BCUT2D eigenvalue weighted by molar-refractivity contribution is 5.91. The minimum Gasteiger partial charge on any atom is -0.326 e. The number of carbonyl (C=O) groups is 1. The van der Waals surface area contributed by atoms with Gasteiger partial charge in [0.1, 0.15) is 11.6 Å². The average molecular weight is 351 g/mol. The summed E-state index contributed by atoms with van der Waals surface area (Å²) in [4.78, 5) is 30.7. The number of hydrogen-bond donors (Lipinski definition) is 2. The molecule has 0 spiro atoms. The van der Waals surface area contributed by atoms with Gasteiger partial charge in [-0.15, -0.1) is 0 Å². The van der Waals surface area contributed by atoms with E-state index in [1.807, 2.05) is 0 Å². The molecule has 0 saturated carbocycles. The number of carbonyl (C=O) groups excluding carboxylic acids is 1. The number of nitrogens with one attached hydrogen (secondary N) is 2. The summed E-state index contributed by atoms with van der Waals surface area (Å²) < 4.78 is 13.6. The van der Waals surface area contributed by atoms with Crippen molar-refractivity contribution < 1.29 is 9.18 Å². The molecule has 3 rings (SSSR count). The number of hydrogen-bond acceptors (Lipinski definition) is 3. The predicted molar refractivity (Wildman–Crippen MR) is 98.4 cm³/mol. The van der Waals surface area contributed by atoms with Gasteiger partial charge in [0.05, 0.1) is 0 Å². The largest absolute Gasteiger partial charge is 0.326 e. The molecule has 132 valence electrons. The molecule has 0 aliphatic rings. The molecule has 1 aromatic heterocycles. The first-order valence-corrected chi connectivity index (χ1v) is 8.23. The Bertz CT molecular complexity index is 998. The molecule has 2 aromatic carbocycles. The second-order valence-electron chi connectivity index (χ2n) is 5.96. The van der Waals surface area contributed by atoms with E-state index in [1.165, 1.54) is 12.1 Å². The number of H-pyrrole nitrogens is 1. The average Bonchev–Trinajstić information content (AvgIpc) is 2.60. The second-order valence-corrected chi connectivity index (χ2v) is 5.96. The molecule has 0 fully saturated rings. The van der Waals surface area contributed by atoms with Crippen LogP contribution in [0.4, 0.5) is 10.1 Å². The summed E-state index contributed by atoms with van der Waals surface area (Å²) in [6.45, 7) is 1.74. The van der Waals surface area contributed by atoms with Crippen LogP contribution >= 0.6 is 0 Å². The Hall–Kier alpha value is -3.28. The molecule has 5 nitrogen and oxygen atoms in total. The molecule has 2 N–H and O–H groups in total. The lowest BCUT2D eigenvalue weighted by Gasteiger charge is -2.08. The molecule has 1 heterocycles. The van der Waals surface area contributed by atoms with Gasteiger partial charge in [-0.1, -0.05) is 30.3 Å². The highest BCUT2D eigenvalue weighted by atomic mass is 19.1. The zero-order valence-electron chi connectivity index (χ0n) is 14.3. The first-order chi connectivity index (χ1) is 12.5. The minimum absolute atomic E-state index is 0.171. The molecule has 0 saturated heterocycles. The van der Waals surface area contributed by atoms with E-state index in [0.29, 0.717) is 34.8 Å². The molecule has 0 radical (unpaired) electrons. The topological polar surface area (TPSA) is 74.8 Å². The molecule has 0 aliphatic carbocycles. The van der Waals surface area contributed by atoms with Crippen LogP contribution in [-0.4, -0.2) is 15.9 Å². The predicted octanol–water partition coefficient (Wildman–Crippen LogP) is 3.46. The summed E-state index contributed by atoms with van der Waals surface area (Å²) in [7, 11) is 0. The van der Waals surface area contributed by atoms with Crippen molar-refractivity contribution in [3.63, 3.8) is 0 Å². The molecule has 26 heavy (non-hydrogen) atoms. The van der Waals surface area contributed by atoms with Gasteiger partial charge in [0, 0.05) is 29.4 Å². The van der Waals surface area contributed by atoms with Gasteiger partial charge in [0.2, 0.25) is 5.91 Å². The van der Waals surface area contributed by atoms with Crippen LogP contribution in [0.2, 0.25) is 0 Å². The van der Waals surface area contributed by atoms with Crippen LogP contribution in [0.3, 0.4) is 0 Å². The Morgan fingerprint density at radius 3 is 2.73 bits per heavy atom. The molecule has 6 heteroatoms. The van der Waals surface area contributed by atoms with Crippen molar-refractivity contribution in [1.82, 2.24) is 9.97 Å². The SMILES string of the molecule is Cc1cc(=O)[nH]c(-c2cccc(NC(=O)CCc3ccccc3F)c2)n1. The van der Waals surface area contributed by atoms with E-state index in [4.69, 9.17) is 0 Å². The van der Waals surface area contributed by atoms with Crippen LogP contribution in [0.5, 0.6) is 0 Å². The Labute approximate surface area is 149 Å². The van der Waals surface area contributed by atoms with E-state index in [9.17, 15) is 14.0 Å². The molecular weight excluding hydrogens is 333 g/mol. The number of nitrogens with zero attached hydrogens (tertiary/aromatic N) is 1. The van der Waals surface area contributed by atoms with Crippen LogP contribution < -0.4 is 10.9 Å². The van der Waals surface area contributed by atoms with Gasteiger partial charge < -0.3 is 10.3 Å². The van der Waals surface area contributed by atoms with Gasteiger partial charge in [-0.3, -0.25) is 9.59 Å². The van der Waals surface area contributed by atoms with Crippen molar-refractivity contribution in [1.29, 1.82) is 0 Å². The first kappa shape index (κ1) is 17.5. The van der Waals surface area contributed by atoms with Crippen molar-refractivity contribution >= 4 is 11.6 Å². The van der Waals surface area contributed by atoms with E-state index in [0.717, 1.165) is 0 Å². The molecule has 0 aliphatic heterocycles. The number of aromatic amines is 1. The number of rotatable bonds is 5. The first-order valence-electron chi connectivity index (χ1n) is 8.23. The maximum Gasteiger partial charge on any atom is 0.251 e. The maximum absolute atomic E-state index is 13.6.